The predicted octanol–water partition coefficient (Wildman–Crippen LogP) is 4.22. The molecule has 2 aromatic rings. The Morgan fingerprint density at radius 2 is 1.17 bits per heavy atom. The number of benzene rings is 2. The molecule has 0 saturated heterocycles. The van der Waals surface area contributed by atoms with Crippen LogP contribution in [0.25, 0.3) is 0 Å². The molecule has 4 bridgehead atoms. The van der Waals surface area contributed by atoms with Crippen LogP contribution in [0, 0.1) is 11.8 Å². The van der Waals surface area contributed by atoms with Crippen LogP contribution >= 0.6 is 0 Å². The van der Waals surface area contributed by atoms with Crippen LogP contribution in [-0.4, -0.2) is 26.2 Å². The molecule has 0 N–H and O–H groups in total. The van der Waals surface area contributed by atoms with Gasteiger partial charge in [-0.3, -0.25) is 9.59 Å². The van der Waals surface area contributed by atoms with E-state index in [-0.39, 0.29) is 23.8 Å². The second kappa shape index (κ2) is 5.94. The SMILES string of the molecule is COC(=O)C1C2c3ccccc3C(c3cc4c(cc32)C2CCC4C2)C1C(=O)OC. The molecule has 148 valence electrons. The van der Waals surface area contributed by atoms with E-state index in [0.717, 1.165) is 11.1 Å². The number of carbonyl (C=O) groups excluding carboxylic acids is 2. The van der Waals surface area contributed by atoms with E-state index in [0.29, 0.717) is 11.8 Å². The molecule has 7 rings (SSSR count). The molecule has 6 atom stereocenters. The number of hydrogen-bond acceptors (Lipinski definition) is 4. The molecule has 4 heteroatoms. The summed E-state index contributed by atoms with van der Waals surface area (Å²) in [6.07, 6.45) is 3.79. The third-order valence-electron chi connectivity index (χ3n) is 7.99. The van der Waals surface area contributed by atoms with Gasteiger partial charge in [-0.1, -0.05) is 36.4 Å². The van der Waals surface area contributed by atoms with Gasteiger partial charge in [0.1, 0.15) is 0 Å². The van der Waals surface area contributed by atoms with Gasteiger partial charge in [-0.25, -0.2) is 0 Å². The van der Waals surface area contributed by atoms with E-state index in [4.69, 9.17) is 9.47 Å². The van der Waals surface area contributed by atoms with Crippen LogP contribution in [0.4, 0.5) is 0 Å². The van der Waals surface area contributed by atoms with Gasteiger partial charge in [0.2, 0.25) is 0 Å². The minimum Gasteiger partial charge on any atom is -0.469 e. The van der Waals surface area contributed by atoms with Gasteiger partial charge >= 0.3 is 11.9 Å². The lowest BCUT2D eigenvalue weighted by Gasteiger charge is -2.48. The fourth-order valence-electron chi connectivity index (χ4n) is 6.90. The summed E-state index contributed by atoms with van der Waals surface area (Å²) in [5.74, 6) is -0.740. The van der Waals surface area contributed by atoms with E-state index in [1.807, 2.05) is 12.1 Å². The maximum atomic E-state index is 12.9. The molecule has 6 unspecified atom stereocenters. The van der Waals surface area contributed by atoms with Crippen LogP contribution in [0.2, 0.25) is 0 Å². The lowest BCUT2D eigenvalue weighted by molar-refractivity contribution is -0.160. The first-order chi connectivity index (χ1) is 14.1. The van der Waals surface area contributed by atoms with Gasteiger partial charge in [0.05, 0.1) is 26.1 Å². The Morgan fingerprint density at radius 1 is 0.724 bits per heavy atom. The third-order valence-corrected chi connectivity index (χ3v) is 7.99. The quantitative estimate of drug-likeness (QED) is 0.723. The van der Waals surface area contributed by atoms with Crippen molar-refractivity contribution < 1.29 is 19.1 Å². The Hall–Kier alpha value is -2.62. The number of hydrogen-bond donors (Lipinski definition) is 0. The zero-order valence-electron chi connectivity index (χ0n) is 16.7. The maximum Gasteiger partial charge on any atom is 0.310 e. The fraction of sp³-hybridized carbons (Fsp3) is 0.440. The lowest BCUT2D eigenvalue weighted by Crippen LogP contribution is -2.47. The first-order valence-electron chi connectivity index (χ1n) is 10.6. The fourth-order valence-corrected chi connectivity index (χ4v) is 6.90. The van der Waals surface area contributed by atoms with Crippen LogP contribution in [0.5, 0.6) is 0 Å². The van der Waals surface area contributed by atoms with Gasteiger partial charge in [0.15, 0.2) is 0 Å². The number of methoxy groups -OCH3 is 2. The normalized spacial score (nSPS) is 32.3. The molecule has 2 aromatic carbocycles. The number of esters is 2. The lowest BCUT2D eigenvalue weighted by atomic mass is 9.53. The Morgan fingerprint density at radius 3 is 1.59 bits per heavy atom. The first-order valence-corrected chi connectivity index (χ1v) is 10.6. The first kappa shape index (κ1) is 17.3. The molecule has 1 fully saturated rings. The van der Waals surface area contributed by atoms with Crippen LogP contribution < -0.4 is 0 Å². The van der Waals surface area contributed by atoms with Crippen molar-refractivity contribution in [2.24, 2.45) is 11.8 Å². The predicted molar refractivity (Wildman–Crippen MR) is 107 cm³/mol. The molecular weight excluding hydrogens is 364 g/mol. The minimum atomic E-state index is -0.545. The molecule has 5 aliphatic rings. The number of fused-ring (bicyclic) bond motifs is 6. The topological polar surface area (TPSA) is 52.6 Å². The summed E-state index contributed by atoms with van der Waals surface area (Å²) in [5.41, 5.74) is 7.70. The largest absolute Gasteiger partial charge is 0.469 e. The van der Waals surface area contributed by atoms with Crippen molar-refractivity contribution in [2.75, 3.05) is 14.2 Å². The maximum absolute atomic E-state index is 12.9. The molecular formula is C25H24O4. The minimum absolute atomic E-state index is 0.160. The van der Waals surface area contributed by atoms with Crippen LogP contribution in [-0.2, 0) is 19.1 Å². The molecule has 0 heterocycles. The molecule has 1 saturated carbocycles. The highest BCUT2D eigenvalue weighted by Crippen LogP contribution is 2.62. The number of rotatable bonds is 2. The van der Waals surface area contributed by atoms with Crippen molar-refractivity contribution in [3.63, 3.8) is 0 Å². The van der Waals surface area contributed by atoms with Gasteiger partial charge in [-0.05, 0) is 64.5 Å². The molecule has 0 radical (unpaired) electrons. The number of carbonyl (C=O) groups is 2. The van der Waals surface area contributed by atoms with E-state index < -0.39 is 11.8 Å². The van der Waals surface area contributed by atoms with Crippen molar-refractivity contribution in [2.45, 2.75) is 42.9 Å². The van der Waals surface area contributed by atoms with Gasteiger partial charge in [0, 0.05) is 11.8 Å². The average Bonchev–Trinajstić information content (AvgIpc) is 3.38. The Balaban J connectivity index is 1.63. The summed E-state index contributed by atoms with van der Waals surface area (Å²) < 4.78 is 10.4. The Bertz CT molecular complexity index is 973. The van der Waals surface area contributed by atoms with Gasteiger partial charge in [-0.15, -0.1) is 0 Å². The monoisotopic (exact) mass is 388 g/mol. The van der Waals surface area contributed by atoms with Gasteiger partial charge < -0.3 is 9.47 Å². The standard InChI is InChI=1S/C25H24O4/c1-28-24(26)22-20-14-5-3-4-6-15(14)21(23(22)25(27)29-2)19-11-17-13-8-7-12(9-13)16(17)10-18(19)20/h3-6,10-13,20-23H,7-9H2,1-2H3. The Labute approximate surface area is 170 Å². The van der Waals surface area contributed by atoms with Crippen LogP contribution in [0.1, 0.15) is 76.3 Å². The second-order valence-corrected chi connectivity index (χ2v) is 9.00. The zero-order chi connectivity index (χ0) is 19.9. The summed E-state index contributed by atoms with van der Waals surface area (Å²) in [4.78, 5) is 25.9. The summed E-state index contributed by atoms with van der Waals surface area (Å²) in [7, 11) is 2.82. The van der Waals surface area contributed by atoms with E-state index in [9.17, 15) is 9.59 Å². The zero-order valence-corrected chi connectivity index (χ0v) is 16.7. The van der Waals surface area contributed by atoms with E-state index >= 15 is 0 Å². The van der Waals surface area contributed by atoms with Gasteiger partial charge in [-0.2, -0.15) is 0 Å². The molecule has 0 aromatic heterocycles. The van der Waals surface area contributed by atoms with Gasteiger partial charge in [0.25, 0.3) is 0 Å². The molecule has 0 aliphatic heterocycles. The highest BCUT2D eigenvalue weighted by atomic mass is 16.5. The van der Waals surface area contributed by atoms with E-state index in [2.05, 4.69) is 24.3 Å². The third kappa shape index (κ3) is 2.09. The van der Waals surface area contributed by atoms with Crippen molar-refractivity contribution in [1.82, 2.24) is 0 Å². The highest BCUT2D eigenvalue weighted by Gasteiger charge is 2.57. The van der Waals surface area contributed by atoms with Crippen molar-refractivity contribution >= 4 is 11.9 Å². The summed E-state index contributed by atoms with van der Waals surface area (Å²) >= 11 is 0. The summed E-state index contributed by atoms with van der Waals surface area (Å²) in [5, 5.41) is 0. The summed E-state index contributed by atoms with van der Waals surface area (Å²) in [6, 6.07) is 13.0. The second-order valence-electron chi connectivity index (χ2n) is 9.00. The van der Waals surface area contributed by atoms with Crippen molar-refractivity contribution in [1.29, 1.82) is 0 Å². The molecule has 4 nitrogen and oxygen atoms in total. The Kier molecular flexibility index (Phi) is 3.54. The van der Waals surface area contributed by atoms with E-state index in [1.54, 1.807) is 0 Å². The molecule has 0 spiro atoms. The highest BCUT2D eigenvalue weighted by molar-refractivity contribution is 5.88. The molecule has 5 aliphatic carbocycles. The van der Waals surface area contributed by atoms with Crippen LogP contribution in [0.15, 0.2) is 36.4 Å². The summed E-state index contributed by atoms with van der Waals surface area (Å²) in [6.45, 7) is 0. The van der Waals surface area contributed by atoms with Crippen molar-refractivity contribution in [3.05, 3.63) is 69.8 Å². The number of ether oxygens (including phenoxy) is 2. The average molecular weight is 388 g/mol. The van der Waals surface area contributed by atoms with Crippen LogP contribution in [0.3, 0.4) is 0 Å². The molecule has 29 heavy (non-hydrogen) atoms. The van der Waals surface area contributed by atoms with Crippen molar-refractivity contribution in [3.8, 4) is 0 Å². The smallest absolute Gasteiger partial charge is 0.310 e. The molecule has 0 amide bonds. The van der Waals surface area contributed by atoms with E-state index in [1.165, 1.54) is 55.7 Å².